The summed E-state index contributed by atoms with van der Waals surface area (Å²) in [6.45, 7) is 2.31. The predicted octanol–water partition coefficient (Wildman–Crippen LogP) is 3.63. The van der Waals surface area contributed by atoms with E-state index in [1.807, 2.05) is 37.1 Å². The van der Waals surface area contributed by atoms with E-state index in [-0.39, 0.29) is 23.1 Å². The second-order valence-corrected chi connectivity index (χ2v) is 7.85. The Morgan fingerprint density at radius 2 is 2.03 bits per heavy atom. The van der Waals surface area contributed by atoms with E-state index in [1.54, 1.807) is 4.68 Å². The normalized spacial score (nSPS) is 15.3. The van der Waals surface area contributed by atoms with Gasteiger partial charge in [-0.3, -0.25) is 14.5 Å². The van der Waals surface area contributed by atoms with E-state index in [2.05, 4.69) is 22.2 Å². The molecular weight excluding hydrogens is 392 g/mol. The Labute approximate surface area is 181 Å². The van der Waals surface area contributed by atoms with E-state index in [4.69, 9.17) is 4.74 Å². The predicted molar refractivity (Wildman–Crippen MR) is 116 cm³/mol. The van der Waals surface area contributed by atoms with Gasteiger partial charge < -0.3 is 9.64 Å². The number of rotatable bonds is 5. The van der Waals surface area contributed by atoms with E-state index in [1.165, 1.54) is 31.1 Å². The maximum Gasteiger partial charge on any atom is 0.338 e. The summed E-state index contributed by atoms with van der Waals surface area (Å²) in [4.78, 5) is 32.1. The van der Waals surface area contributed by atoms with Crippen molar-refractivity contribution in [2.75, 3.05) is 7.11 Å². The van der Waals surface area contributed by atoms with Crippen LogP contribution in [0.4, 0.5) is 0 Å². The van der Waals surface area contributed by atoms with Gasteiger partial charge in [-0.25, -0.2) is 4.79 Å². The lowest BCUT2D eigenvalue weighted by Crippen LogP contribution is -2.37. The molecule has 7 nitrogen and oxygen atoms in total. The molecule has 0 N–H and O–H groups in total. The van der Waals surface area contributed by atoms with Gasteiger partial charge in [-0.1, -0.05) is 24.3 Å². The first-order valence-electron chi connectivity index (χ1n) is 10.4. The molecule has 1 aliphatic carbocycles. The lowest BCUT2D eigenvalue weighted by atomic mass is 9.86. The monoisotopic (exact) mass is 418 g/mol. The zero-order valence-corrected chi connectivity index (χ0v) is 18.0. The summed E-state index contributed by atoms with van der Waals surface area (Å²) in [5.41, 5.74) is 4.71. The minimum Gasteiger partial charge on any atom is -0.465 e. The van der Waals surface area contributed by atoms with Crippen LogP contribution >= 0.6 is 0 Å². The summed E-state index contributed by atoms with van der Waals surface area (Å²) in [5.74, 6) is -0.792. The van der Waals surface area contributed by atoms with Gasteiger partial charge >= 0.3 is 5.97 Å². The molecule has 0 unspecified atom stereocenters. The Balaban J connectivity index is 1.80. The summed E-state index contributed by atoms with van der Waals surface area (Å²) in [5, 5.41) is 4.44. The molecule has 0 fully saturated rings. The number of hydrogen-bond acceptors (Lipinski definition) is 5. The van der Waals surface area contributed by atoms with Crippen molar-refractivity contribution in [2.24, 2.45) is 7.05 Å². The maximum absolute atomic E-state index is 13.9. The van der Waals surface area contributed by atoms with Crippen LogP contribution in [0.1, 0.15) is 62.1 Å². The third-order valence-electron chi connectivity index (χ3n) is 5.86. The highest BCUT2D eigenvalue weighted by atomic mass is 16.5. The number of esters is 1. The largest absolute Gasteiger partial charge is 0.465 e. The molecule has 1 amide bonds. The first-order valence-corrected chi connectivity index (χ1v) is 10.4. The number of methoxy groups -OCH3 is 1. The SMILES string of the molecule is COC(=O)c1ccncc1C(=O)N(Cc1cc(C)nn1C)[C@H]1CCCc2ccccc21. The molecule has 160 valence electrons. The fourth-order valence-electron chi connectivity index (χ4n) is 4.37. The van der Waals surface area contributed by atoms with Gasteiger partial charge in [0.05, 0.1) is 42.2 Å². The van der Waals surface area contributed by atoms with Gasteiger partial charge in [0.1, 0.15) is 0 Å². The maximum atomic E-state index is 13.9. The number of carbonyl (C=O) groups excluding carboxylic acids is 2. The first kappa shape index (κ1) is 20.8. The lowest BCUT2D eigenvalue weighted by Gasteiger charge is -2.36. The van der Waals surface area contributed by atoms with Crippen molar-refractivity contribution in [1.29, 1.82) is 0 Å². The standard InChI is InChI=1S/C24H26N4O3/c1-16-13-18(27(2)26-16)15-28(22-10-6-8-17-7-4-5-9-19(17)22)23(29)21-14-25-12-11-20(21)24(30)31-3/h4-5,7,9,11-14,22H,6,8,10,15H2,1-3H3/t22-/m0/s1. The number of fused-ring (bicyclic) bond motifs is 1. The highest BCUT2D eigenvalue weighted by molar-refractivity contribution is 6.05. The molecule has 0 radical (unpaired) electrons. The summed E-state index contributed by atoms with van der Waals surface area (Å²) in [6.07, 6.45) is 5.79. The zero-order valence-electron chi connectivity index (χ0n) is 18.0. The molecular formula is C24H26N4O3. The topological polar surface area (TPSA) is 77.3 Å². The van der Waals surface area contributed by atoms with Crippen LogP contribution in [0.15, 0.2) is 48.8 Å². The van der Waals surface area contributed by atoms with Crippen molar-refractivity contribution in [3.8, 4) is 0 Å². The fraction of sp³-hybridized carbons (Fsp3) is 0.333. The molecule has 2 heterocycles. The summed E-state index contributed by atoms with van der Waals surface area (Å²) < 4.78 is 6.70. The molecule has 1 aromatic carbocycles. The molecule has 31 heavy (non-hydrogen) atoms. The molecule has 7 heteroatoms. The highest BCUT2D eigenvalue weighted by Gasteiger charge is 2.32. The molecule has 4 rings (SSSR count). The summed E-state index contributed by atoms with van der Waals surface area (Å²) >= 11 is 0. The Morgan fingerprint density at radius 3 is 2.77 bits per heavy atom. The minimum atomic E-state index is -0.550. The average Bonchev–Trinajstić information content (AvgIpc) is 3.12. The van der Waals surface area contributed by atoms with E-state index >= 15 is 0 Å². The van der Waals surface area contributed by atoms with Crippen LogP contribution in [0, 0.1) is 6.92 Å². The Morgan fingerprint density at radius 1 is 1.23 bits per heavy atom. The van der Waals surface area contributed by atoms with Crippen LogP contribution < -0.4 is 0 Å². The molecule has 0 bridgehead atoms. The molecule has 1 aliphatic rings. The smallest absolute Gasteiger partial charge is 0.338 e. The molecule has 0 saturated carbocycles. The number of nitrogens with zero attached hydrogens (tertiary/aromatic N) is 4. The number of hydrogen-bond donors (Lipinski definition) is 0. The number of benzene rings is 1. The van der Waals surface area contributed by atoms with Crippen molar-refractivity contribution in [3.63, 3.8) is 0 Å². The van der Waals surface area contributed by atoms with Crippen molar-refractivity contribution in [3.05, 3.63) is 82.4 Å². The molecule has 3 aromatic rings. The van der Waals surface area contributed by atoms with Crippen LogP contribution in [0.3, 0.4) is 0 Å². The third-order valence-corrected chi connectivity index (χ3v) is 5.86. The van der Waals surface area contributed by atoms with Crippen LogP contribution in [0.2, 0.25) is 0 Å². The summed E-state index contributed by atoms with van der Waals surface area (Å²) in [7, 11) is 3.19. The third kappa shape index (κ3) is 4.08. The number of amides is 1. The number of aromatic nitrogens is 3. The lowest BCUT2D eigenvalue weighted by molar-refractivity contribution is 0.0570. The molecule has 0 saturated heterocycles. The summed E-state index contributed by atoms with van der Waals surface area (Å²) in [6, 6.07) is 11.7. The number of aryl methyl sites for hydroxylation is 3. The fourth-order valence-corrected chi connectivity index (χ4v) is 4.37. The van der Waals surface area contributed by atoms with Crippen LogP contribution in [0.25, 0.3) is 0 Å². The molecule has 2 aromatic heterocycles. The number of ether oxygens (including phenoxy) is 1. The molecule has 0 aliphatic heterocycles. The van der Waals surface area contributed by atoms with Crippen LogP contribution in [0.5, 0.6) is 0 Å². The van der Waals surface area contributed by atoms with Gasteiger partial charge in [0.25, 0.3) is 5.91 Å². The zero-order chi connectivity index (χ0) is 22.0. The van der Waals surface area contributed by atoms with Gasteiger partial charge in [-0.2, -0.15) is 5.10 Å². The van der Waals surface area contributed by atoms with Crippen LogP contribution in [-0.4, -0.2) is 38.7 Å². The van der Waals surface area contributed by atoms with Crippen LogP contribution in [-0.2, 0) is 24.8 Å². The van der Waals surface area contributed by atoms with E-state index in [9.17, 15) is 9.59 Å². The second-order valence-electron chi connectivity index (χ2n) is 7.85. The number of carbonyl (C=O) groups is 2. The van der Waals surface area contributed by atoms with Crippen molar-refractivity contribution in [1.82, 2.24) is 19.7 Å². The van der Waals surface area contributed by atoms with Crippen molar-refractivity contribution in [2.45, 2.75) is 38.8 Å². The van der Waals surface area contributed by atoms with Gasteiger partial charge in [0.15, 0.2) is 0 Å². The van der Waals surface area contributed by atoms with Crippen molar-refractivity contribution < 1.29 is 14.3 Å². The number of pyridine rings is 1. The van der Waals surface area contributed by atoms with Gasteiger partial charge in [0.2, 0.25) is 0 Å². The Kier molecular flexibility index (Phi) is 5.84. The van der Waals surface area contributed by atoms with Crippen molar-refractivity contribution >= 4 is 11.9 Å². The van der Waals surface area contributed by atoms with E-state index < -0.39 is 5.97 Å². The van der Waals surface area contributed by atoms with Gasteiger partial charge in [-0.05, 0) is 49.4 Å². The quantitative estimate of drug-likeness (QED) is 0.592. The van der Waals surface area contributed by atoms with Gasteiger partial charge in [-0.15, -0.1) is 0 Å². The molecule has 0 spiro atoms. The Bertz CT molecular complexity index is 1120. The van der Waals surface area contributed by atoms with E-state index in [0.717, 1.165) is 36.2 Å². The highest BCUT2D eigenvalue weighted by Crippen LogP contribution is 2.36. The van der Waals surface area contributed by atoms with E-state index in [0.29, 0.717) is 6.54 Å². The Hall–Kier alpha value is -3.48. The second kappa shape index (κ2) is 8.71. The minimum absolute atomic E-state index is 0.0987. The van der Waals surface area contributed by atoms with Gasteiger partial charge in [0, 0.05) is 19.4 Å². The first-order chi connectivity index (χ1) is 15.0. The average molecular weight is 418 g/mol. The molecule has 1 atom stereocenters.